The zero-order chi connectivity index (χ0) is 8.27. The molecule has 5 N–H and O–H groups in total. The van der Waals surface area contributed by atoms with Gasteiger partial charge in [0.25, 0.3) is 0 Å². The van der Waals surface area contributed by atoms with E-state index in [1.165, 1.54) is 0 Å². The van der Waals surface area contributed by atoms with Crippen molar-refractivity contribution in [3.05, 3.63) is 16.3 Å². The number of hydrogen-bond acceptors (Lipinski definition) is 4. The van der Waals surface area contributed by atoms with Gasteiger partial charge >= 0.3 is 5.69 Å². The molecule has 6 nitrogen and oxygen atoms in total. The summed E-state index contributed by atoms with van der Waals surface area (Å²) in [7, 11) is 0. The maximum atomic E-state index is 10.5. The number of aliphatic hydroxyl groups excluding tert-OH is 1. The van der Waals surface area contributed by atoms with Gasteiger partial charge in [0, 0.05) is 13.0 Å². The van der Waals surface area contributed by atoms with Crippen LogP contribution in [0.3, 0.4) is 0 Å². The third-order valence-electron chi connectivity index (χ3n) is 1.25. The molecule has 0 fully saturated rings. The molecular weight excluding hydrogens is 148 g/mol. The van der Waals surface area contributed by atoms with E-state index in [4.69, 9.17) is 10.8 Å². The summed E-state index contributed by atoms with van der Waals surface area (Å²) < 4.78 is 0. The van der Waals surface area contributed by atoms with E-state index in [0.29, 0.717) is 5.82 Å². The molecule has 0 saturated heterocycles. The van der Waals surface area contributed by atoms with Crippen molar-refractivity contribution in [1.29, 1.82) is 0 Å². The molecular formula is C5H10N4O2. The van der Waals surface area contributed by atoms with Crippen LogP contribution in [0, 0.1) is 0 Å². The fraction of sp³-hybridized carbons (Fsp3) is 0.600. The first kappa shape index (κ1) is 7.96. The molecule has 1 aromatic rings. The molecule has 62 valence electrons. The van der Waals surface area contributed by atoms with E-state index < -0.39 is 6.10 Å². The number of nitrogens with one attached hydrogen (secondary N) is 2. The summed E-state index contributed by atoms with van der Waals surface area (Å²) in [5.41, 5.74) is 4.78. The van der Waals surface area contributed by atoms with Gasteiger partial charge in [-0.25, -0.2) is 9.89 Å². The quantitative estimate of drug-likeness (QED) is 0.406. The van der Waals surface area contributed by atoms with Gasteiger partial charge in [-0.1, -0.05) is 0 Å². The van der Waals surface area contributed by atoms with E-state index in [0.717, 1.165) is 0 Å². The molecule has 1 aromatic heterocycles. The molecule has 1 heterocycles. The zero-order valence-electron chi connectivity index (χ0n) is 5.87. The Hall–Kier alpha value is -1.14. The molecule has 0 radical (unpaired) electrons. The Morgan fingerprint density at radius 3 is 2.91 bits per heavy atom. The molecule has 1 rings (SSSR count). The smallest absolute Gasteiger partial charge is 0.340 e. The minimum absolute atomic E-state index is 0.162. The third-order valence-corrected chi connectivity index (χ3v) is 1.25. The lowest BCUT2D eigenvalue weighted by Crippen LogP contribution is -2.22. The van der Waals surface area contributed by atoms with Gasteiger partial charge in [0.2, 0.25) is 0 Å². The van der Waals surface area contributed by atoms with Crippen molar-refractivity contribution in [2.75, 3.05) is 6.54 Å². The Bertz CT molecular complexity index is 265. The average Bonchev–Trinajstić information content (AvgIpc) is 2.35. The Morgan fingerprint density at radius 2 is 2.45 bits per heavy atom. The lowest BCUT2D eigenvalue weighted by atomic mass is 10.2. The normalized spacial score (nSPS) is 13.3. The minimum Gasteiger partial charge on any atom is -0.391 e. The number of aliphatic hydroxyl groups is 1. The van der Waals surface area contributed by atoms with E-state index in [1.807, 2.05) is 0 Å². The highest BCUT2D eigenvalue weighted by molar-refractivity contribution is 4.83. The van der Waals surface area contributed by atoms with Crippen molar-refractivity contribution in [3.8, 4) is 0 Å². The SMILES string of the molecule is NCC(O)Cc1n[nH]c(=O)[nH]1. The van der Waals surface area contributed by atoms with E-state index in [2.05, 4.69) is 15.2 Å². The predicted molar refractivity (Wildman–Crippen MR) is 38.0 cm³/mol. The lowest BCUT2D eigenvalue weighted by Gasteiger charge is -2.02. The van der Waals surface area contributed by atoms with Crippen LogP contribution in [0.25, 0.3) is 0 Å². The van der Waals surface area contributed by atoms with Gasteiger partial charge in [0.15, 0.2) is 0 Å². The maximum Gasteiger partial charge on any atom is 0.340 e. The molecule has 0 aliphatic carbocycles. The standard InChI is InChI=1S/C5H10N4O2/c6-2-3(10)1-4-7-5(11)9-8-4/h3,10H,1-2,6H2,(H2,7,8,9,11). The van der Waals surface area contributed by atoms with Crippen molar-refractivity contribution in [3.63, 3.8) is 0 Å². The molecule has 0 aliphatic heterocycles. The highest BCUT2D eigenvalue weighted by Crippen LogP contribution is 1.89. The van der Waals surface area contributed by atoms with E-state index in [9.17, 15) is 4.79 Å². The monoisotopic (exact) mass is 158 g/mol. The van der Waals surface area contributed by atoms with Gasteiger partial charge in [-0.3, -0.25) is 4.98 Å². The first-order chi connectivity index (χ1) is 5.22. The second-order valence-electron chi connectivity index (χ2n) is 2.22. The van der Waals surface area contributed by atoms with Gasteiger partial charge in [-0.2, -0.15) is 5.10 Å². The van der Waals surface area contributed by atoms with Gasteiger partial charge in [-0.05, 0) is 0 Å². The maximum absolute atomic E-state index is 10.5. The van der Waals surface area contributed by atoms with Crippen LogP contribution in [0.1, 0.15) is 5.82 Å². The fourth-order valence-electron chi connectivity index (χ4n) is 0.708. The van der Waals surface area contributed by atoms with Gasteiger partial charge in [0.1, 0.15) is 5.82 Å². The summed E-state index contributed by atoms with van der Waals surface area (Å²) in [4.78, 5) is 12.9. The fourth-order valence-corrected chi connectivity index (χ4v) is 0.708. The highest BCUT2D eigenvalue weighted by Gasteiger charge is 2.05. The van der Waals surface area contributed by atoms with Crippen LogP contribution in [0.4, 0.5) is 0 Å². The number of aromatic nitrogens is 3. The largest absolute Gasteiger partial charge is 0.391 e. The van der Waals surface area contributed by atoms with Gasteiger partial charge in [-0.15, -0.1) is 0 Å². The molecule has 1 unspecified atom stereocenters. The summed E-state index contributed by atoms with van der Waals surface area (Å²) in [6.07, 6.45) is -0.371. The van der Waals surface area contributed by atoms with Crippen molar-refractivity contribution in [2.45, 2.75) is 12.5 Å². The van der Waals surface area contributed by atoms with Gasteiger partial charge < -0.3 is 10.8 Å². The van der Waals surface area contributed by atoms with E-state index >= 15 is 0 Å². The van der Waals surface area contributed by atoms with Crippen LogP contribution < -0.4 is 11.4 Å². The Kier molecular flexibility index (Phi) is 2.40. The van der Waals surface area contributed by atoms with Crippen molar-refractivity contribution in [2.24, 2.45) is 5.73 Å². The molecule has 0 aromatic carbocycles. The minimum atomic E-state index is -0.644. The molecule has 0 amide bonds. The predicted octanol–water partition coefficient (Wildman–Crippen LogP) is -2.04. The number of H-pyrrole nitrogens is 2. The van der Waals surface area contributed by atoms with Crippen LogP contribution in [-0.4, -0.2) is 32.9 Å². The summed E-state index contributed by atoms with van der Waals surface area (Å²) >= 11 is 0. The number of rotatable bonds is 3. The zero-order valence-corrected chi connectivity index (χ0v) is 5.87. The summed E-state index contributed by atoms with van der Waals surface area (Å²) in [5.74, 6) is 0.424. The number of hydrogen-bond donors (Lipinski definition) is 4. The Morgan fingerprint density at radius 1 is 1.73 bits per heavy atom. The molecule has 11 heavy (non-hydrogen) atoms. The summed E-state index contributed by atoms with van der Waals surface area (Å²) in [6.45, 7) is 0.162. The van der Waals surface area contributed by atoms with Crippen LogP contribution in [-0.2, 0) is 6.42 Å². The third kappa shape index (κ3) is 2.17. The average molecular weight is 158 g/mol. The van der Waals surface area contributed by atoms with Crippen molar-refractivity contribution >= 4 is 0 Å². The molecule has 0 spiro atoms. The first-order valence-electron chi connectivity index (χ1n) is 3.24. The summed E-state index contributed by atoms with van der Waals surface area (Å²) in [5, 5.41) is 14.8. The number of nitrogens with zero attached hydrogens (tertiary/aromatic N) is 1. The van der Waals surface area contributed by atoms with Crippen LogP contribution in [0.15, 0.2) is 4.79 Å². The second kappa shape index (κ2) is 3.31. The molecule has 0 aliphatic rings. The second-order valence-corrected chi connectivity index (χ2v) is 2.22. The van der Waals surface area contributed by atoms with E-state index in [1.54, 1.807) is 0 Å². The van der Waals surface area contributed by atoms with Gasteiger partial charge in [0.05, 0.1) is 6.10 Å². The Labute approximate surface area is 62.4 Å². The number of aromatic amines is 2. The van der Waals surface area contributed by atoms with Crippen LogP contribution in [0.5, 0.6) is 0 Å². The Balaban J connectivity index is 2.57. The molecule has 0 bridgehead atoms. The molecule has 6 heteroatoms. The molecule has 0 saturated carbocycles. The summed E-state index contributed by atoms with van der Waals surface area (Å²) in [6, 6.07) is 0. The first-order valence-corrected chi connectivity index (χ1v) is 3.24. The molecule has 1 atom stereocenters. The topological polar surface area (TPSA) is 108 Å². The van der Waals surface area contributed by atoms with E-state index in [-0.39, 0.29) is 18.7 Å². The van der Waals surface area contributed by atoms with Crippen molar-refractivity contribution in [1.82, 2.24) is 15.2 Å². The van der Waals surface area contributed by atoms with Crippen LogP contribution in [0.2, 0.25) is 0 Å². The lowest BCUT2D eigenvalue weighted by molar-refractivity contribution is 0.181. The number of nitrogens with two attached hydrogens (primary N) is 1. The highest BCUT2D eigenvalue weighted by atomic mass is 16.3. The van der Waals surface area contributed by atoms with Crippen molar-refractivity contribution < 1.29 is 5.11 Å². The van der Waals surface area contributed by atoms with Crippen LogP contribution >= 0.6 is 0 Å².